The van der Waals surface area contributed by atoms with E-state index in [1.54, 1.807) is 0 Å². The van der Waals surface area contributed by atoms with Gasteiger partial charge in [-0.05, 0) is 50.1 Å². The van der Waals surface area contributed by atoms with Gasteiger partial charge in [-0.1, -0.05) is 20.8 Å². The summed E-state index contributed by atoms with van der Waals surface area (Å²) < 4.78 is 0. The molecule has 0 atom stereocenters. The molecule has 0 saturated heterocycles. The minimum atomic E-state index is 0.515. The molecule has 1 saturated carbocycles. The van der Waals surface area contributed by atoms with Crippen molar-refractivity contribution in [3.8, 4) is 0 Å². The lowest BCUT2D eigenvalue weighted by molar-refractivity contribution is 0.360. The van der Waals surface area contributed by atoms with Gasteiger partial charge in [0.15, 0.2) is 0 Å². The maximum absolute atomic E-state index is 3.52. The Bertz CT molecular complexity index is 119. The van der Waals surface area contributed by atoms with Crippen LogP contribution in [0.15, 0.2) is 0 Å². The predicted octanol–water partition coefficient (Wildman–Crippen LogP) is 2.81. The molecular formula is C11H23N. The van der Waals surface area contributed by atoms with Gasteiger partial charge in [0.25, 0.3) is 0 Å². The summed E-state index contributed by atoms with van der Waals surface area (Å²) >= 11 is 0. The van der Waals surface area contributed by atoms with Crippen molar-refractivity contribution < 1.29 is 0 Å². The van der Waals surface area contributed by atoms with Crippen LogP contribution in [-0.4, -0.2) is 13.1 Å². The molecule has 0 amide bonds. The summed E-state index contributed by atoms with van der Waals surface area (Å²) in [5.41, 5.74) is 0.515. The van der Waals surface area contributed by atoms with Crippen LogP contribution in [0.1, 0.15) is 46.5 Å². The lowest BCUT2D eigenvalue weighted by atomic mass is 9.91. The van der Waals surface area contributed by atoms with Crippen LogP contribution in [0.25, 0.3) is 0 Å². The molecule has 1 fully saturated rings. The topological polar surface area (TPSA) is 12.0 Å². The van der Waals surface area contributed by atoms with Gasteiger partial charge in [0.2, 0.25) is 0 Å². The minimum Gasteiger partial charge on any atom is -0.316 e. The van der Waals surface area contributed by atoms with Gasteiger partial charge in [0.1, 0.15) is 0 Å². The van der Waals surface area contributed by atoms with E-state index in [-0.39, 0.29) is 0 Å². The van der Waals surface area contributed by atoms with E-state index in [9.17, 15) is 0 Å². The molecule has 0 aromatic rings. The van der Waals surface area contributed by atoms with E-state index < -0.39 is 0 Å². The molecule has 0 unspecified atom stereocenters. The molecule has 1 N–H and O–H groups in total. The summed E-state index contributed by atoms with van der Waals surface area (Å²) in [6.45, 7) is 9.42. The zero-order valence-electron chi connectivity index (χ0n) is 8.82. The van der Waals surface area contributed by atoms with E-state index in [1.807, 2.05) is 0 Å². The molecule has 72 valence electrons. The first-order chi connectivity index (χ1) is 5.58. The normalized spacial score (nSPS) is 18.2. The van der Waals surface area contributed by atoms with Crippen molar-refractivity contribution in [2.75, 3.05) is 13.1 Å². The summed E-state index contributed by atoms with van der Waals surface area (Å²) in [5, 5.41) is 3.52. The molecule has 0 aliphatic heterocycles. The average Bonchev–Trinajstić information content (AvgIpc) is 2.68. The van der Waals surface area contributed by atoms with Crippen molar-refractivity contribution in [1.29, 1.82) is 0 Å². The van der Waals surface area contributed by atoms with Crippen LogP contribution >= 0.6 is 0 Å². The second-order valence-electron chi connectivity index (χ2n) is 5.31. The molecule has 0 spiro atoms. The second kappa shape index (κ2) is 4.27. The Morgan fingerprint density at radius 3 is 2.42 bits per heavy atom. The van der Waals surface area contributed by atoms with E-state index in [4.69, 9.17) is 0 Å². The predicted molar refractivity (Wildman–Crippen MR) is 54.3 cm³/mol. The Hall–Kier alpha value is -0.0400. The van der Waals surface area contributed by atoms with Gasteiger partial charge in [-0.25, -0.2) is 0 Å². The number of rotatable bonds is 5. The largest absolute Gasteiger partial charge is 0.316 e. The Kier molecular flexibility index (Phi) is 3.57. The molecule has 0 bridgehead atoms. The Balaban J connectivity index is 1.82. The number of hydrogen-bond acceptors (Lipinski definition) is 1. The molecule has 0 heterocycles. The Morgan fingerprint density at radius 2 is 1.92 bits per heavy atom. The third kappa shape index (κ3) is 5.59. The molecule has 0 radical (unpaired) electrons. The fourth-order valence-corrected chi connectivity index (χ4v) is 1.37. The molecule has 12 heavy (non-hydrogen) atoms. The van der Waals surface area contributed by atoms with Crippen LogP contribution in [0, 0.1) is 11.3 Å². The van der Waals surface area contributed by atoms with Crippen LogP contribution in [0.2, 0.25) is 0 Å². The van der Waals surface area contributed by atoms with Gasteiger partial charge in [-0.3, -0.25) is 0 Å². The lowest BCUT2D eigenvalue weighted by Gasteiger charge is -2.17. The number of nitrogens with one attached hydrogen (secondary N) is 1. The molecule has 1 nitrogen and oxygen atoms in total. The third-order valence-electron chi connectivity index (χ3n) is 2.41. The first-order valence-corrected chi connectivity index (χ1v) is 5.29. The first kappa shape index (κ1) is 10.0. The Labute approximate surface area is 76.9 Å². The highest BCUT2D eigenvalue weighted by atomic mass is 14.9. The van der Waals surface area contributed by atoms with E-state index in [1.165, 1.54) is 38.8 Å². The van der Waals surface area contributed by atoms with Crippen LogP contribution in [-0.2, 0) is 0 Å². The maximum atomic E-state index is 3.52. The summed E-state index contributed by atoms with van der Waals surface area (Å²) in [4.78, 5) is 0. The third-order valence-corrected chi connectivity index (χ3v) is 2.41. The standard InChI is InChI=1S/C11H23N/c1-11(2,3)7-4-8-12-9-10-5-6-10/h10,12H,4-9H2,1-3H3. The van der Waals surface area contributed by atoms with Gasteiger partial charge in [0.05, 0.1) is 0 Å². The van der Waals surface area contributed by atoms with Gasteiger partial charge >= 0.3 is 0 Å². The van der Waals surface area contributed by atoms with Gasteiger partial charge in [-0.15, -0.1) is 0 Å². The zero-order chi connectivity index (χ0) is 9.03. The highest BCUT2D eigenvalue weighted by Gasteiger charge is 2.20. The Morgan fingerprint density at radius 1 is 1.25 bits per heavy atom. The van der Waals surface area contributed by atoms with E-state index in [0.29, 0.717) is 5.41 Å². The van der Waals surface area contributed by atoms with Gasteiger partial charge < -0.3 is 5.32 Å². The lowest BCUT2D eigenvalue weighted by Crippen LogP contribution is -2.19. The molecular weight excluding hydrogens is 146 g/mol. The summed E-state index contributed by atoms with van der Waals surface area (Å²) in [7, 11) is 0. The van der Waals surface area contributed by atoms with Crippen molar-refractivity contribution >= 4 is 0 Å². The molecule has 0 aromatic heterocycles. The summed E-state index contributed by atoms with van der Waals surface area (Å²) in [5.74, 6) is 1.03. The average molecular weight is 169 g/mol. The van der Waals surface area contributed by atoms with E-state index in [0.717, 1.165) is 5.92 Å². The van der Waals surface area contributed by atoms with Crippen LogP contribution in [0.4, 0.5) is 0 Å². The molecule has 1 heteroatoms. The SMILES string of the molecule is CC(C)(C)CCCNCC1CC1. The van der Waals surface area contributed by atoms with Crippen molar-refractivity contribution in [2.24, 2.45) is 11.3 Å². The van der Waals surface area contributed by atoms with Crippen LogP contribution in [0.5, 0.6) is 0 Å². The molecule has 1 aliphatic carbocycles. The first-order valence-electron chi connectivity index (χ1n) is 5.29. The second-order valence-corrected chi connectivity index (χ2v) is 5.31. The fourth-order valence-electron chi connectivity index (χ4n) is 1.37. The molecule has 0 aromatic carbocycles. The highest BCUT2D eigenvalue weighted by Crippen LogP contribution is 2.27. The van der Waals surface area contributed by atoms with Crippen molar-refractivity contribution in [1.82, 2.24) is 5.32 Å². The van der Waals surface area contributed by atoms with Crippen LogP contribution in [0.3, 0.4) is 0 Å². The van der Waals surface area contributed by atoms with E-state index >= 15 is 0 Å². The number of hydrogen-bond donors (Lipinski definition) is 1. The molecule has 1 rings (SSSR count). The van der Waals surface area contributed by atoms with Crippen molar-refractivity contribution in [2.45, 2.75) is 46.5 Å². The summed E-state index contributed by atoms with van der Waals surface area (Å²) in [6.07, 6.45) is 5.60. The maximum Gasteiger partial charge on any atom is -0.00205 e. The van der Waals surface area contributed by atoms with E-state index in [2.05, 4.69) is 26.1 Å². The smallest absolute Gasteiger partial charge is 0.00205 e. The van der Waals surface area contributed by atoms with Crippen LogP contribution < -0.4 is 5.32 Å². The highest BCUT2D eigenvalue weighted by molar-refractivity contribution is 4.75. The van der Waals surface area contributed by atoms with Crippen molar-refractivity contribution in [3.63, 3.8) is 0 Å². The van der Waals surface area contributed by atoms with Gasteiger partial charge in [-0.2, -0.15) is 0 Å². The van der Waals surface area contributed by atoms with Crippen molar-refractivity contribution in [3.05, 3.63) is 0 Å². The fraction of sp³-hybridized carbons (Fsp3) is 1.00. The summed E-state index contributed by atoms with van der Waals surface area (Å²) in [6, 6.07) is 0. The molecule has 1 aliphatic rings. The minimum absolute atomic E-state index is 0.515. The quantitative estimate of drug-likeness (QED) is 0.624. The monoisotopic (exact) mass is 169 g/mol. The van der Waals surface area contributed by atoms with Gasteiger partial charge in [0, 0.05) is 0 Å². The zero-order valence-corrected chi connectivity index (χ0v) is 8.82.